The molecule has 10 heteroatoms. The van der Waals surface area contributed by atoms with Crippen molar-refractivity contribution in [1.82, 2.24) is 16.0 Å². The predicted molar refractivity (Wildman–Crippen MR) is 133 cm³/mol. The zero-order valence-corrected chi connectivity index (χ0v) is 21.5. The number of benzene rings is 1. The van der Waals surface area contributed by atoms with Crippen LogP contribution >= 0.6 is 24.0 Å². The standard InChI is InChI=1S/C21H30N4O4S.HI/c1-5-22-21(24-11-6-10-23-20(26)19-15(2)9-12-29-19)25-14-17-7-8-18(16(3)13-17)30(4,27)28;/h7-9,12-13H,5-6,10-11,14H2,1-4H3,(H,23,26)(H2,22,24,25);1H. The average molecular weight is 562 g/mol. The molecular formula is C21H31IN4O4S. The first-order valence-electron chi connectivity index (χ1n) is 9.86. The highest BCUT2D eigenvalue weighted by molar-refractivity contribution is 14.0. The number of hydrogen-bond donors (Lipinski definition) is 3. The summed E-state index contributed by atoms with van der Waals surface area (Å²) in [5, 5.41) is 9.23. The second-order valence-electron chi connectivity index (χ2n) is 7.04. The molecule has 1 amide bonds. The molecular weight excluding hydrogens is 531 g/mol. The van der Waals surface area contributed by atoms with Crippen molar-refractivity contribution in [1.29, 1.82) is 0 Å². The summed E-state index contributed by atoms with van der Waals surface area (Å²) in [6.45, 7) is 7.88. The fourth-order valence-corrected chi connectivity index (χ4v) is 3.88. The van der Waals surface area contributed by atoms with Crippen LogP contribution in [0.5, 0.6) is 0 Å². The zero-order valence-electron chi connectivity index (χ0n) is 18.3. The van der Waals surface area contributed by atoms with E-state index >= 15 is 0 Å². The van der Waals surface area contributed by atoms with Crippen molar-refractivity contribution in [3.8, 4) is 0 Å². The van der Waals surface area contributed by atoms with Gasteiger partial charge in [0.05, 0.1) is 17.7 Å². The maximum absolute atomic E-state index is 12.0. The SMILES string of the molecule is CCNC(=NCc1ccc(S(C)(=O)=O)c(C)c1)NCCCNC(=O)c1occc1C.I. The number of aliphatic imine (C=N–C) groups is 1. The van der Waals surface area contributed by atoms with Gasteiger partial charge in [-0.15, -0.1) is 24.0 Å². The summed E-state index contributed by atoms with van der Waals surface area (Å²) >= 11 is 0. The van der Waals surface area contributed by atoms with Crippen molar-refractivity contribution < 1.29 is 17.6 Å². The Labute approximate surface area is 201 Å². The number of furan rings is 1. The molecule has 0 saturated carbocycles. The van der Waals surface area contributed by atoms with E-state index < -0.39 is 9.84 Å². The molecule has 0 atom stereocenters. The maximum atomic E-state index is 12.0. The Morgan fingerprint density at radius 2 is 1.77 bits per heavy atom. The third-order valence-corrected chi connectivity index (χ3v) is 5.66. The molecule has 0 unspecified atom stereocenters. The van der Waals surface area contributed by atoms with Crippen LogP contribution in [0.2, 0.25) is 0 Å². The molecule has 1 heterocycles. The van der Waals surface area contributed by atoms with Crippen molar-refractivity contribution in [3.63, 3.8) is 0 Å². The van der Waals surface area contributed by atoms with Crippen LogP contribution in [0, 0.1) is 13.8 Å². The second-order valence-corrected chi connectivity index (χ2v) is 9.02. The van der Waals surface area contributed by atoms with Crippen LogP contribution in [0.1, 0.15) is 40.6 Å². The van der Waals surface area contributed by atoms with Gasteiger partial charge in [-0.3, -0.25) is 4.79 Å². The number of guanidine groups is 1. The van der Waals surface area contributed by atoms with Gasteiger partial charge in [-0.2, -0.15) is 0 Å². The third kappa shape index (κ3) is 8.52. The summed E-state index contributed by atoms with van der Waals surface area (Å²) in [6.07, 6.45) is 3.43. The highest BCUT2D eigenvalue weighted by Gasteiger charge is 2.12. The van der Waals surface area contributed by atoms with Gasteiger partial charge < -0.3 is 20.4 Å². The third-order valence-electron chi connectivity index (χ3n) is 4.40. The monoisotopic (exact) mass is 562 g/mol. The van der Waals surface area contributed by atoms with E-state index in [1.165, 1.54) is 12.5 Å². The normalized spacial score (nSPS) is 11.5. The van der Waals surface area contributed by atoms with Gasteiger partial charge in [0.1, 0.15) is 0 Å². The van der Waals surface area contributed by atoms with Crippen LogP contribution in [-0.2, 0) is 16.4 Å². The number of aryl methyl sites for hydroxylation is 2. The van der Waals surface area contributed by atoms with Crippen molar-refractivity contribution in [2.45, 2.75) is 38.6 Å². The van der Waals surface area contributed by atoms with E-state index in [1.54, 1.807) is 25.1 Å². The number of nitrogens with one attached hydrogen (secondary N) is 3. The number of carbonyl (C=O) groups is 1. The summed E-state index contributed by atoms with van der Waals surface area (Å²) < 4.78 is 28.6. The number of sulfone groups is 1. The summed E-state index contributed by atoms with van der Waals surface area (Å²) in [7, 11) is -3.23. The highest BCUT2D eigenvalue weighted by atomic mass is 127. The van der Waals surface area contributed by atoms with E-state index in [0.29, 0.717) is 48.4 Å². The van der Waals surface area contributed by atoms with Gasteiger partial charge in [0.15, 0.2) is 21.6 Å². The Kier molecular flexibility index (Phi) is 11.0. The van der Waals surface area contributed by atoms with E-state index in [-0.39, 0.29) is 29.9 Å². The predicted octanol–water partition coefficient (Wildman–Crippen LogP) is 2.79. The van der Waals surface area contributed by atoms with Gasteiger partial charge in [-0.1, -0.05) is 12.1 Å². The largest absolute Gasteiger partial charge is 0.459 e. The molecule has 0 aliphatic carbocycles. The van der Waals surface area contributed by atoms with Crippen LogP contribution in [0.3, 0.4) is 0 Å². The van der Waals surface area contributed by atoms with Crippen molar-refractivity contribution >= 4 is 45.7 Å². The summed E-state index contributed by atoms with van der Waals surface area (Å²) in [5.41, 5.74) is 2.45. The van der Waals surface area contributed by atoms with Crippen LogP contribution in [0.4, 0.5) is 0 Å². The first kappa shape index (κ1) is 27.0. The van der Waals surface area contributed by atoms with Gasteiger partial charge in [0.25, 0.3) is 5.91 Å². The van der Waals surface area contributed by atoms with Crippen LogP contribution in [-0.4, -0.2) is 46.2 Å². The fourth-order valence-electron chi connectivity index (χ4n) is 2.92. The average Bonchev–Trinajstić information content (AvgIpc) is 3.10. The molecule has 1 aromatic heterocycles. The number of rotatable bonds is 9. The van der Waals surface area contributed by atoms with Crippen LogP contribution in [0.25, 0.3) is 0 Å². The Morgan fingerprint density at radius 3 is 2.35 bits per heavy atom. The van der Waals surface area contributed by atoms with E-state index in [4.69, 9.17) is 4.42 Å². The summed E-state index contributed by atoms with van der Waals surface area (Å²) in [4.78, 5) is 16.9. The molecule has 172 valence electrons. The molecule has 2 aromatic rings. The molecule has 2 rings (SSSR count). The molecule has 0 saturated heterocycles. The zero-order chi connectivity index (χ0) is 22.1. The Hall–Kier alpha value is -2.08. The Morgan fingerprint density at radius 1 is 1.06 bits per heavy atom. The molecule has 0 fully saturated rings. The number of hydrogen-bond acceptors (Lipinski definition) is 5. The van der Waals surface area contributed by atoms with Crippen LogP contribution < -0.4 is 16.0 Å². The molecule has 0 bridgehead atoms. The lowest BCUT2D eigenvalue weighted by atomic mass is 10.1. The molecule has 31 heavy (non-hydrogen) atoms. The second kappa shape index (κ2) is 12.7. The smallest absolute Gasteiger partial charge is 0.287 e. The highest BCUT2D eigenvalue weighted by Crippen LogP contribution is 2.17. The number of nitrogens with zero attached hydrogens (tertiary/aromatic N) is 1. The molecule has 3 N–H and O–H groups in total. The minimum atomic E-state index is -3.23. The molecule has 1 aromatic carbocycles. The number of amides is 1. The Bertz CT molecular complexity index is 1000. The lowest BCUT2D eigenvalue weighted by molar-refractivity contribution is 0.0925. The molecule has 8 nitrogen and oxygen atoms in total. The molecule has 0 radical (unpaired) electrons. The molecule has 0 aliphatic rings. The van der Waals surface area contributed by atoms with Gasteiger partial charge in [-0.05, 0) is 50.5 Å². The Balaban J connectivity index is 0.00000480. The summed E-state index contributed by atoms with van der Waals surface area (Å²) in [6, 6.07) is 7.00. The first-order chi connectivity index (χ1) is 14.2. The van der Waals surface area contributed by atoms with Gasteiger partial charge in [0.2, 0.25) is 0 Å². The lowest BCUT2D eigenvalue weighted by Gasteiger charge is -2.12. The van der Waals surface area contributed by atoms with Gasteiger partial charge >= 0.3 is 0 Å². The van der Waals surface area contributed by atoms with Gasteiger partial charge in [0, 0.05) is 31.5 Å². The van der Waals surface area contributed by atoms with Crippen molar-refractivity contribution in [2.24, 2.45) is 4.99 Å². The van der Waals surface area contributed by atoms with E-state index in [1.807, 2.05) is 19.9 Å². The quantitative estimate of drug-likeness (QED) is 0.188. The summed E-state index contributed by atoms with van der Waals surface area (Å²) in [5.74, 6) is 0.788. The van der Waals surface area contributed by atoms with Crippen molar-refractivity contribution in [2.75, 3.05) is 25.9 Å². The van der Waals surface area contributed by atoms with Crippen LogP contribution in [0.15, 0.2) is 44.8 Å². The van der Waals surface area contributed by atoms with E-state index in [0.717, 1.165) is 17.5 Å². The minimum Gasteiger partial charge on any atom is -0.459 e. The fraction of sp³-hybridized carbons (Fsp3) is 0.429. The van der Waals surface area contributed by atoms with E-state index in [9.17, 15) is 13.2 Å². The van der Waals surface area contributed by atoms with Crippen molar-refractivity contribution in [3.05, 3.63) is 53.0 Å². The topological polar surface area (TPSA) is 113 Å². The maximum Gasteiger partial charge on any atom is 0.287 e. The van der Waals surface area contributed by atoms with Gasteiger partial charge in [-0.25, -0.2) is 13.4 Å². The molecule has 0 spiro atoms. The molecule has 0 aliphatic heterocycles. The number of carbonyl (C=O) groups excluding carboxylic acids is 1. The lowest BCUT2D eigenvalue weighted by Crippen LogP contribution is -2.38. The minimum absolute atomic E-state index is 0. The number of halogens is 1. The first-order valence-corrected chi connectivity index (χ1v) is 11.8. The van der Waals surface area contributed by atoms with E-state index in [2.05, 4.69) is 20.9 Å².